The lowest BCUT2D eigenvalue weighted by Gasteiger charge is -2.06. The summed E-state index contributed by atoms with van der Waals surface area (Å²) in [6, 6.07) is 4.70. The Hall–Kier alpha value is -1.49. The molecule has 0 radical (unpaired) electrons. The van der Waals surface area contributed by atoms with Crippen molar-refractivity contribution in [3.8, 4) is 0 Å². The minimum absolute atomic E-state index is 0.332. The third-order valence-electron chi connectivity index (χ3n) is 1.68. The summed E-state index contributed by atoms with van der Waals surface area (Å²) in [5.74, 6) is -0.538. The van der Waals surface area contributed by atoms with Crippen molar-refractivity contribution in [1.82, 2.24) is 0 Å². The van der Waals surface area contributed by atoms with E-state index in [0.29, 0.717) is 23.1 Å². The summed E-state index contributed by atoms with van der Waals surface area (Å²) in [6.45, 7) is 0. The van der Waals surface area contributed by atoms with Crippen LogP contribution in [0.5, 0.6) is 0 Å². The van der Waals surface area contributed by atoms with Crippen LogP contribution in [0.4, 0.5) is 5.69 Å². The van der Waals surface area contributed by atoms with Crippen molar-refractivity contribution in [2.75, 3.05) is 11.0 Å². The van der Waals surface area contributed by atoms with Gasteiger partial charge in [0.2, 0.25) is 5.91 Å². The normalized spacial score (nSPS) is 9.50. The Bertz CT molecular complexity index is 366. The van der Waals surface area contributed by atoms with Crippen molar-refractivity contribution in [2.45, 2.75) is 0 Å². The molecule has 0 aliphatic carbocycles. The molecule has 0 unspecified atom stereocenters. The minimum Gasteiger partial charge on any atom is -0.366 e. The summed E-state index contributed by atoms with van der Waals surface area (Å²) in [5, 5.41) is 0. The molecule has 74 valence electrons. The first-order valence-electron chi connectivity index (χ1n) is 3.87. The zero-order valence-corrected chi connectivity index (χ0v) is 8.43. The topological polar surface area (TPSA) is 72.2 Å². The number of carbonyl (C=O) groups excluding carboxylic acids is 2. The van der Waals surface area contributed by atoms with Crippen molar-refractivity contribution < 1.29 is 9.59 Å². The van der Waals surface area contributed by atoms with Gasteiger partial charge in [0.05, 0.1) is 5.69 Å². The molecule has 5 heteroatoms. The summed E-state index contributed by atoms with van der Waals surface area (Å²) in [5.41, 5.74) is 6.52. The highest BCUT2D eigenvalue weighted by molar-refractivity contribution is 7.99. The number of carbonyl (C=O) groups is 2. The lowest BCUT2D eigenvalue weighted by Crippen LogP contribution is -2.11. The third kappa shape index (κ3) is 2.26. The fraction of sp³-hybridized carbons (Fsp3) is 0.111. The van der Waals surface area contributed by atoms with E-state index in [9.17, 15) is 9.59 Å². The van der Waals surface area contributed by atoms with E-state index in [0.717, 1.165) is 0 Å². The molecule has 1 aromatic carbocycles. The fourth-order valence-electron chi connectivity index (χ4n) is 1.02. The Kier molecular flexibility index (Phi) is 3.53. The second-order valence-corrected chi connectivity index (χ2v) is 3.20. The van der Waals surface area contributed by atoms with E-state index in [1.807, 2.05) is 6.26 Å². The van der Waals surface area contributed by atoms with Gasteiger partial charge in [-0.2, -0.15) is 0 Å². The monoisotopic (exact) mass is 210 g/mol. The van der Waals surface area contributed by atoms with Gasteiger partial charge in [-0.25, -0.2) is 0 Å². The molecule has 0 spiro atoms. The number of rotatable bonds is 4. The van der Waals surface area contributed by atoms with Gasteiger partial charge in [-0.05, 0) is 18.2 Å². The van der Waals surface area contributed by atoms with Gasteiger partial charge in [-0.1, -0.05) is 11.9 Å². The van der Waals surface area contributed by atoms with Gasteiger partial charge < -0.3 is 10.5 Å². The second kappa shape index (κ2) is 4.66. The van der Waals surface area contributed by atoms with Crippen molar-refractivity contribution in [3.63, 3.8) is 0 Å². The van der Waals surface area contributed by atoms with Crippen LogP contribution in [0.3, 0.4) is 0 Å². The SMILES string of the molecule is CSNc1ccc(C(N)=O)cc1C=O. The largest absolute Gasteiger partial charge is 0.366 e. The predicted octanol–water partition coefficient (Wildman–Crippen LogP) is 1.29. The maximum Gasteiger partial charge on any atom is 0.248 e. The van der Waals surface area contributed by atoms with Crippen molar-refractivity contribution >= 4 is 29.8 Å². The lowest BCUT2D eigenvalue weighted by molar-refractivity contribution is 0.100. The van der Waals surface area contributed by atoms with E-state index in [1.54, 1.807) is 12.1 Å². The molecule has 0 fully saturated rings. The Balaban J connectivity index is 3.11. The highest BCUT2D eigenvalue weighted by atomic mass is 32.2. The van der Waals surface area contributed by atoms with Crippen LogP contribution in [0.2, 0.25) is 0 Å². The molecule has 0 heterocycles. The molecule has 0 bridgehead atoms. The summed E-state index contributed by atoms with van der Waals surface area (Å²) in [6.07, 6.45) is 2.53. The maximum atomic E-state index is 10.8. The molecule has 4 nitrogen and oxygen atoms in total. The number of aldehydes is 1. The average Bonchev–Trinajstić information content (AvgIpc) is 2.18. The van der Waals surface area contributed by atoms with Gasteiger partial charge in [0.15, 0.2) is 6.29 Å². The molecule has 3 N–H and O–H groups in total. The Morgan fingerprint density at radius 1 is 1.57 bits per heavy atom. The quantitative estimate of drug-likeness (QED) is 0.580. The molecule has 0 aliphatic rings. The number of nitrogens with two attached hydrogens (primary N) is 1. The molecule has 0 aliphatic heterocycles. The van der Waals surface area contributed by atoms with Crippen LogP contribution in [-0.4, -0.2) is 18.4 Å². The van der Waals surface area contributed by atoms with Gasteiger partial charge in [0.1, 0.15) is 0 Å². The zero-order valence-electron chi connectivity index (χ0n) is 7.61. The molecular formula is C9H10N2O2S. The molecular weight excluding hydrogens is 200 g/mol. The second-order valence-electron chi connectivity index (χ2n) is 2.59. The number of hydrogen-bond donors (Lipinski definition) is 2. The van der Waals surface area contributed by atoms with Crippen LogP contribution < -0.4 is 10.5 Å². The zero-order chi connectivity index (χ0) is 10.6. The van der Waals surface area contributed by atoms with E-state index < -0.39 is 5.91 Å². The smallest absolute Gasteiger partial charge is 0.248 e. The van der Waals surface area contributed by atoms with Crippen LogP contribution in [-0.2, 0) is 0 Å². The first kappa shape index (κ1) is 10.6. The third-order valence-corrected chi connectivity index (χ3v) is 2.10. The maximum absolute atomic E-state index is 10.8. The van der Waals surface area contributed by atoms with E-state index in [1.165, 1.54) is 18.0 Å². The number of primary amides is 1. The van der Waals surface area contributed by atoms with Gasteiger partial charge in [0.25, 0.3) is 0 Å². The van der Waals surface area contributed by atoms with Gasteiger partial charge in [0, 0.05) is 17.4 Å². The molecule has 1 rings (SSSR count). The molecule has 1 amide bonds. The predicted molar refractivity (Wildman–Crippen MR) is 57.5 cm³/mol. The van der Waals surface area contributed by atoms with E-state index >= 15 is 0 Å². The van der Waals surface area contributed by atoms with Gasteiger partial charge in [-0.15, -0.1) is 0 Å². The number of benzene rings is 1. The van der Waals surface area contributed by atoms with Gasteiger partial charge >= 0.3 is 0 Å². The lowest BCUT2D eigenvalue weighted by atomic mass is 10.1. The highest BCUT2D eigenvalue weighted by Crippen LogP contribution is 2.17. The molecule has 1 aromatic rings. The van der Waals surface area contributed by atoms with E-state index in [-0.39, 0.29) is 0 Å². The fourth-order valence-corrected chi connectivity index (χ4v) is 1.42. The first-order chi connectivity index (χ1) is 6.69. The van der Waals surface area contributed by atoms with E-state index in [2.05, 4.69) is 4.72 Å². The van der Waals surface area contributed by atoms with Crippen molar-refractivity contribution in [3.05, 3.63) is 29.3 Å². The van der Waals surface area contributed by atoms with Crippen molar-refractivity contribution in [2.24, 2.45) is 5.73 Å². The Labute approximate surface area is 86.0 Å². The molecule has 0 aromatic heterocycles. The molecule has 14 heavy (non-hydrogen) atoms. The van der Waals surface area contributed by atoms with Crippen LogP contribution in [0, 0.1) is 0 Å². The highest BCUT2D eigenvalue weighted by Gasteiger charge is 2.05. The molecule has 0 saturated heterocycles. The van der Waals surface area contributed by atoms with Crippen LogP contribution in [0.15, 0.2) is 18.2 Å². The van der Waals surface area contributed by atoms with Crippen molar-refractivity contribution in [1.29, 1.82) is 0 Å². The standard InChI is InChI=1S/C9H10N2O2S/c1-14-11-8-3-2-6(9(10)13)4-7(8)5-12/h2-5,11H,1H3,(H2,10,13). The van der Waals surface area contributed by atoms with E-state index in [4.69, 9.17) is 5.73 Å². The van der Waals surface area contributed by atoms with Crippen LogP contribution >= 0.6 is 11.9 Å². The first-order valence-corrected chi connectivity index (χ1v) is 5.09. The summed E-state index contributed by atoms with van der Waals surface area (Å²) < 4.78 is 2.93. The minimum atomic E-state index is -0.538. The average molecular weight is 210 g/mol. The summed E-state index contributed by atoms with van der Waals surface area (Å²) in [4.78, 5) is 21.5. The number of nitrogens with one attached hydrogen (secondary N) is 1. The number of hydrogen-bond acceptors (Lipinski definition) is 4. The summed E-state index contributed by atoms with van der Waals surface area (Å²) >= 11 is 1.37. The van der Waals surface area contributed by atoms with Crippen LogP contribution in [0.1, 0.15) is 20.7 Å². The number of amides is 1. The molecule has 0 saturated carbocycles. The number of anilines is 1. The Morgan fingerprint density at radius 2 is 2.29 bits per heavy atom. The van der Waals surface area contributed by atoms with Gasteiger partial charge in [-0.3, -0.25) is 9.59 Å². The molecule has 0 atom stereocenters. The Morgan fingerprint density at radius 3 is 2.79 bits per heavy atom. The summed E-state index contributed by atoms with van der Waals surface area (Å²) in [7, 11) is 0. The van der Waals surface area contributed by atoms with Crippen LogP contribution in [0.25, 0.3) is 0 Å².